The molecule has 0 spiro atoms. The highest BCUT2D eigenvalue weighted by Crippen LogP contribution is 2.34. The summed E-state index contributed by atoms with van der Waals surface area (Å²) < 4.78 is 0. The SMILES string of the molecule is CSC(O)C1(O)CCCCC1. The van der Waals surface area contributed by atoms with E-state index in [-0.39, 0.29) is 0 Å². The van der Waals surface area contributed by atoms with Crippen LogP contribution in [0.4, 0.5) is 0 Å². The van der Waals surface area contributed by atoms with Gasteiger partial charge in [0.1, 0.15) is 5.44 Å². The molecule has 1 aliphatic carbocycles. The zero-order valence-corrected chi connectivity index (χ0v) is 7.73. The Bertz CT molecular complexity index is 121. The molecular weight excluding hydrogens is 160 g/mol. The standard InChI is InChI=1S/C8H16O2S/c1-11-7(9)8(10)5-3-2-4-6-8/h7,9-10H,2-6H2,1H3. The van der Waals surface area contributed by atoms with Gasteiger partial charge in [-0.25, -0.2) is 0 Å². The van der Waals surface area contributed by atoms with Gasteiger partial charge in [0.05, 0.1) is 5.60 Å². The average Bonchev–Trinajstić information content (AvgIpc) is 2.04. The van der Waals surface area contributed by atoms with E-state index >= 15 is 0 Å². The van der Waals surface area contributed by atoms with Gasteiger partial charge in [-0.05, 0) is 19.1 Å². The minimum atomic E-state index is -0.794. The lowest BCUT2D eigenvalue weighted by Crippen LogP contribution is -2.41. The fourth-order valence-corrected chi connectivity index (χ4v) is 2.30. The van der Waals surface area contributed by atoms with Gasteiger partial charge in [-0.2, -0.15) is 0 Å². The van der Waals surface area contributed by atoms with E-state index in [0.717, 1.165) is 25.7 Å². The molecule has 0 radical (unpaired) electrons. The number of thioether (sulfide) groups is 1. The number of hydrogen-bond acceptors (Lipinski definition) is 3. The summed E-state index contributed by atoms with van der Waals surface area (Å²) in [6, 6.07) is 0. The Hall–Kier alpha value is 0.270. The first-order valence-electron chi connectivity index (χ1n) is 4.12. The van der Waals surface area contributed by atoms with Gasteiger partial charge in [-0.3, -0.25) is 0 Å². The van der Waals surface area contributed by atoms with Crippen LogP contribution in [-0.4, -0.2) is 27.5 Å². The zero-order chi connectivity index (χ0) is 8.32. The van der Waals surface area contributed by atoms with Crippen molar-refractivity contribution >= 4 is 11.8 Å². The molecule has 1 atom stereocenters. The summed E-state index contributed by atoms with van der Waals surface area (Å²) in [6.45, 7) is 0. The van der Waals surface area contributed by atoms with E-state index in [1.54, 1.807) is 0 Å². The van der Waals surface area contributed by atoms with Crippen molar-refractivity contribution in [1.82, 2.24) is 0 Å². The maximum atomic E-state index is 9.87. The maximum Gasteiger partial charge on any atom is 0.128 e. The predicted octanol–water partition coefficient (Wildman–Crippen LogP) is 1.36. The third kappa shape index (κ3) is 2.10. The summed E-state index contributed by atoms with van der Waals surface area (Å²) in [7, 11) is 0. The number of aliphatic hydroxyl groups is 2. The summed E-state index contributed by atoms with van der Waals surface area (Å²) in [5.41, 5.74) is -1.39. The van der Waals surface area contributed by atoms with Crippen molar-refractivity contribution in [3.63, 3.8) is 0 Å². The van der Waals surface area contributed by atoms with Crippen molar-refractivity contribution in [3.8, 4) is 0 Å². The average molecular weight is 176 g/mol. The highest BCUT2D eigenvalue weighted by Gasteiger charge is 2.36. The molecule has 1 unspecified atom stereocenters. The van der Waals surface area contributed by atoms with E-state index in [2.05, 4.69) is 0 Å². The number of rotatable bonds is 2. The van der Waals surface area contributed by atoms with E-state index in [4.69, 9.17) is 0 Å². The van der Waals surface area contributed by atoms with E-state index < -0.39 is 11.0 Å². The molecule has 11 heavy (non-hydrogen) atoms. The third-order valence-corrected chi connectivity index (χ3v) is 3.29. The summed E-state index contributed by atoms with van der Waals surface area (Å²) >= 11 is 1.34. The maximum absolute atomic E-state index is 9.87. The third-order valence-electron chi connectivity index (χ3n) is 2.40. The summed E-state index contributed by atoms with van der Waals surface area (Å²) in [5.74, 6) is 0. The molecule has 1 fully saturated rings. The topological polar surface area (TPSA) is 40.5 Å². The second-order valence-electron chi connectivity index (χ2n) is 3.25. The Labute approximate surface area is 72.0 Å². The Balaban J connectivity index is 2.49. The Kier molecular flexibility index (Phi) is 3.22. The van der Waals surface area contributed by atoms with E-state index in [9.17, 15) is 10.2 Å². The molecule has 2 nitrogen and oxygen atoms in total. The number of aliphatic hydroxyl groups excluding tert-OH is 1. The van der Waals surface area contributed by atoms with Crippen molar-refractivity contribution in [2.24, 2.45) is 0 Å². The molecule has 0 saturated heterocycles. The summed E-state index contributed by atoms with van der Waals surface area (Å²) in [4.78, 5) is 0. The fraction of sp³-hybridized carbons (Fsp3) is 1.00. The first-order valence-corrected chi connectivity index (χ1v) is 5.41. The van der Waals surface area contributed by atoms with Crippen LogP contribution in [0.1, 0.15) is 32.1 Å². The van der Waals surface area contributed by atoms with Crippen LogP contribution in [0.15, 0.2) is 0 Å². The Morgan fingerprint density at radius 1 is 1.27 bits per heavy atom. The molecular formula is C8H16O2S. The Morgan fingerprint density at radius 3 is 2.27 bits per heavy atom. The van der Waals surface area contributed by atoms with Crippen LogP contribution in [0.5, 0.6) is 0 Å². The first kappa shape index (κ1) is 9.36. The van der Waals surface area contributed by atoms with Gasteiger partial charge >= 0.3 is 0 Å². The normalized spacial score (nSPS) is 26.5. The minimum Gasteiger partial charge on any atom is -0.386 e. The van der Waals surface area contributed by atoms with Gasteiger partial charge in [0.2, 0.25) is 0 Å². The van der Waals surface area contributed by atoms with Gasteiger partial charge in [0.25, 0.3) is 0 Å². The van der Waals surface area contributed by atoms with Crippen LogP contribution in [0.25, 0.3) is 0 Å². The highest BCUT2D eigenvalue weighted by atomic mass is 32.2. The molecule has 0 amide bonds. The molecule has 1 rings (SSSR count). The van der Waals surface area contributed by atoms with E-state index in [1.807, 2.05) is 6.26 Å². The molecule has 66 valence electrons. The molecule has 0 heterocycles. The predicted molar refractivity (Wildman–Crippen MR) is 47.6 cm³/mol. The minimum absolute atomic E-state index is 0.595. The van der Waals surface area contributed by atoms with E-state index in [1.165, 1.54) is 18.2 Å². The monoisotopic (exact) mass is 176 g/mol. The molecule has 2 N–H and O–H groups in total. The molecule has 3 heteroatoms. The van der Waals surface area contributed by atoms with Crippen molar-refractivity contribution in [2.45, 2.75) is 43.1 Å². The lowest BCUT2D eigenvalue weighted by molar-refractivity contribution is -0.0581. The molecule has 1 aliphatic rings. The largest absolute Gasteiger partial charge is 0.386 e. The van der Waals surface area contributed by atoms with Crippen molar-refractivity contribution in [1.29, 1.82) is 0 Å². The summed E-state index contributed by atoms with van der Waals surface area (Å²) in [5, 5.41) is 19.3. The molecule has 0 aliphatic heterocycles. The van der Waals surface area contributed by atoms with Crippen LogP contribution in [0.2, 0.25) is 0 Å². The first-order chi connectivity index (χ1) is 5.19. The second-order valence-corrected chi connectivity index (χ2v) is 4.17. The lowest BCUT2D eigenvalue weighted by Gasteiger charge is -2.35. The van der Waals surface area contributed by atoms with Crippen LogP contribution >= 0.6 is 11.8 Å². The van der Waals surface area contributed by atoms with Crippen LogP contribution in [0, 0.1) is 0 Å². The van der Waals surface area contributed by atoms with Gasteiger partial charge in [0.15, 0.2) is 0 Å². The van der Waals surface area contributed by atoms with Gasteiger partial charge in [-0.1, -0.05) is 19.3 Å². The molecule has 0 aromatic heterocycles. The number of hydrogen-bond donors (Lipinski definition) is 2. The second kappa shape index (κ2) is 3.78. The van der Waals surface area contributed by atoms with Crippen molar-refractivity contribution in [3.05, 3.63) is 0 Å². The van der Waals surface area contributed by atoms with Crippen molar-refractivity contribution in [2.75, 3.05) is 6.26 Å². The molecule has 0 aromatic carbocycles. The van der Waals surface area contributed by atoms with Crippen LogP contribution < -0.4 is 0 Å². The quantitative estimate of drug-likeness (QED) is 0.624. The molecule has 0 aromatic rings. The Morgan fingerprint density at radius 2 is 1.82 bits per heavy atom. The van der Waals surface area contributed by atoms with Crippen molar-refractivity contribution < 1.29 is 10.2 Å². The highest BCUT2D eigenvalue weighted by molar-refractivity contribution is 7.99. The van der Waals surface area contributed by atoms with Crippen LogP contribution in [-0.2, 0) is 0 Å². The smallest absolute Gasteiger partial charge is 0.128 e. The fourth-order valence-electron chi connectivity index (χ4n) is 1.63. The zero-order valence-electron chi connectivity index (χ0n) is 6.92. The van der Waals surface area contributed by atoms with Gasteiger partial charge in [0, 0.05) is 0 Å². The molecule has 0 bridgehead atoms. The van der Waals surface area contributed by atoms with Crippen LogP contribution in [0.3, 0.4) is 0 Å². The van der Waals surface area contributed by atoms with Gasteiger partial charge in [-0.15, -0.1) is 11.8 Å². The summed E-state index contributed by atoms with van der Waals surface area (Å²) in [6.07, 6.45) is 6.65. The van der Waals surface area contributed by atoms with E-state index in [0.29, 0.717) is 0 Å². The lowest BCUT2D eigenvalue weighted by atomic mass is 9.85. The molecule has 1 saturated carbocycles. The van der Waals surface area contributed by atoms with Gasteiger partial charge < -0.3 is 10.2 Å².